The first-order valence-electron chi connectivity index (χ1n) is 4.06. The minimum absolute atomic E-state index is 0.0135. The average molecular weight is 196 g/mol. The van der Waals surface area contributed by atoms with Gasteiger partial charge in [-0.2, -0.15) is 0 Å². The smallest absolute Gasteiger partial charge is 0.344 e. The molecule has 1 rings (SSSR count). The molecule has 0 aliphatic heterocycles. The van der Waals surface area contributed by atoms with Gasteiger partial charge >= 0.3 is 5.97 Å². The monoisotopic (exact) mass is 196 g/mol. The summed E-state index contributed by atoms with van der Waals surface area (Å²) in [7, 11) is 0. The number of aliphatic hydroxyl groups is 1. The summed E-state index contributed by atoms with van der Waals surface area (Å²) in [4.78, 5) is 15.0. The Balaban J connectivity index is 2.80. The van der Waals surface area contributed by atoms with Crippen molar-refractivity contribution in [1.29, 1.82) is 0 Å². The molecule has 1 aromatic heterocycles. The van der Waals surface area contributed by atoms with Crippen LogP contribution in [0.4, 0.5) is 5.69 Å². The van der Waals surface area contributed by atoms with Gasteiger partial charge in [0.05, 0.1) is 5.69 Å². The Bertz CT molecular complexity index is 344. The molecule has 3 N–H and O–H groups in total. The van der Waals surface area contributed by atoms with Crippen molar-refractivity contribution in [3.63, 3.8) is 0 Å². The number of nitrogens with zero attached hydrogens (tertiary/aromatic N) is 1. The molecule has 76 valence electrons. The number of nitrogen functional groups attached to an aromatic ring is 1. The van der Waals surface area contributed by atoms with E-state index < -0.39 is 11.6 Å². The van der Waals surface area contributed by atoms with Crippen molar-refractivity contribution in [3.05, 3.63) is 18.3 Å². The summed E-state index contributed by atoms with van der Waals surface area (Å²) in [5.74, 6) is -0.775. The summed E-state index contributed by atoms with van der Waals surface area (Å²) in [6.45, 7) is 2.66. The minimum Gasteiger partial charge on any atom is -0.403 e. The Labute approximate surface area is 81.5 Å². The number of carbonyl (C=O) groups is 1. The fourth-order valence-electron chi connectivity index (χ4n) is 0.701. The fraction of sp³-hybridized carbons (Fsp3) is 0.333. The van der Waals surface area contributed by atoms with Crippen LogP contribution in [0.2, 0.25) is 0 Å². The molecular formula is C9H12N2O3. The van der Waals surface area contributed by atoms with Crippen LogP contribution in [0.1, 0.15) is 13.8 Å². The van der Waals surface area contributed by atoms with Gasteiger partial charge in [0, 0.05) is 6.20 Å². The van der Waals surface area contributed by atoms with Gasteiger partial charge in [0.15, 0.2) is 5.60 Å². The van der Waals surface area contributed by atoms with E-state index in [1.807, 2.05) is 0 Å². The number of rotatable bonds is 2. The van der Waals surface area contributed by atoms with Gasteiger partial charge in [0.1, 0.15) is 0 Å². The Hall–Kier alpha value is -1.62. The van der Waals surface area contributed by atoms with Crippen LogP contribution in [0, 0.1) is 0 Å². The lowest BCUT2D eigenvalue weighted by Gasteiger charge is -2.15. The summed E-state index contributed by atoms with van der Waals surface area (Å²) in [5, 5.41) is 9.30. The average Bonchev–Trinajstić information content (AvgIpc) is 2.07. The van der Waals surface area contributed by atoms with E-state index in [2.05, 4.69) is 4.98 Å². The normalized spacial score (nSPS) is 11.1. The number of nitrogens with two attached hydrogens (primary N) is 1. The van der Waals surface area contributed by atoms with E-state index in [4.69, 9.17) is 10.5 Å². The van der Waals surface area contributed by atoms with Crippen molar-refractivity contribution in [2.75, 3.05) is 5.73 Å². The molecule has 0 saturated carbocycles. The number of anilines is 1. The Kier molecular flexibility index (Phi) is 2.71. The third kappa shape index (κ3) is 2.43. The molecule has 0 aliphatic carbocycles. The minimum atomic E-state index is -1.55. The number of carbonyl (C=O) groups excluding carboxylic acids is 1. The fourth-order valence-corrected chi connectivity index (χ4v) is 0.701. The van der Waals surface area contributed by atoms with Crippen LogP contribution in [-0.2, 0) is 4.79 Å². The molecule has 0 saturated heterocycles. The van der Waals surface area contributed by atoms with Crippen molar-refractivity contribution in [2.24, 2.45) is 0 Å². The van der Waals surface area contributed by atoms with Crippen LogP contribution in [-0.4, -0.2) is 21.7 Å². The molecule has 0 aliphatic rings. The highest BCUT2D eigenvalue weighted by molar-refractivity contribution is 5.81. The van der Waals surface area contributed by atoms with Gasteiger partial charge in [-0.3, -0.25) is 0 Å². The largest absolute Gasteiger partial charge is 0.403 e. The van der Waals surface area contributed by atoms with Gasteiger partial charge in [0.25, 0.3) is 0 Å². The Morgan fingerprint density at radius 1 is 1.64 bits per heavy atom. The molecule has 0 fully saturated rings. The van der Waals surface area contributed by atoms with Gasteiger partial charge in [-0.1, -0.05) is 0 Å². The quantitative estimate of drug-likeness (QED) is 0.666. The first-order valence-corrected chi connectivity index (χ1v) is 4.06. The van der Waals surface area contributed by atoms with Crippen molar-refractivity contribution >= 4 is 11.7 Å². The lowest BCUT2D eigenvalue weighted by atomic mass is 10.1. The van der Waals surface area contributed by atoms with Crippen molar-refractivity contribution in [1.82, 2.24) is 4.98 Å². The van der Waals surface area contributed by atoms with Crippen LogP contribution in [0.15, 0.2) is 18.3 Å². The molecule has 0 amide bonds. The zero-order chi connectivity index (χ0) is 10.8. The van der Waals surface area contributed by atoms with Gasteiger partial charge in [-0.15, -0.1) is 0 Å². The van der Waals surface area contributed by atoms with Crippen LogP contribution >= 0.6 is 0 Å². The number of hydrogen-bond acceptors (Lipinski definition) is 5. The van der Waals surface area contributed by atoms with E-state index in [0.717, 1.165) is 0 Å². The Morgan fingerprint density at radius 2 is 2.29 bits per heavy atom. The molecule has 14 heavy (non-hydrogen) atoms. The van der Waals surface area contributed by atoms with E-state index in [9.17, 15) is 9.90 Å². The molecule has 0 atom stereocenters. The van der Waals surface area contributed by atoms with Gasteiger partial charge in [-0.05, 0) is 26.0 Å². The highest BCUT2D eigenvalue weighted by Gasteiger charge is 2.27. The SMILES string of the molecule is CC(C)(O)C(=O)Oc1ncccc1N. The summed E-state index contributed by atoms with van der Waals surface area (Å²) >= 11 is 0. The van der Waals surface area contributed by atoms with E-state index in [-0.39, 0.29) is 11.6 Å². The van der Waals surface area contributed by atoms with Gasteiger partial charge in [0.2, 0.25) is 5.88 Å². The van der Waals surface area contributed by atoms with Gasteiger partial charge in [-0.25, -0.2) is 9.78 Å². The lowest BCUT2D eigenvalue weighted by molar-refractivity contribution is -0.151. The van der Waals surface area contributed by atoms with Crippen LogP contribution in [0.5, 0.6) is 5.88 Å². The number of ether oxygens (including phenoxy) is 1. The molecule has 1 heterocycles. The molecular weight excluding hydrogens is 184 g/mol. The first kappa shape index (κ1) is 10.5. The zero-order valence-electron chi connectivity index (χ0n) is 8.02. The number of hydrogen-bond donors (Lipinski definition) is 2. The Morgan fingerprint density at radius 3 is 2.79 bits per heavy atom. The lowest BCUT2D eigenvalue weighted by Crippen LogP contribution is -2.35. The maximum atomic E-state index is 11.2. The highest BCUT2D eigenvalue weighted by Crippen LogP contribution is 2.18. The number of pyridine rings is 1. The second kappa shape index (κ2) is 3.63. The predicted molar refractivity (Wildman–Crippen MR) is 50.6 cm³/mol. The van der Waals surface area contributed by atoms with E-state index in [1.54, 1.807) is 12.1 Å². The maximum absolute atomic E-state index is 11.2. The molecule has 0 spiro atoms. The molecule has 0 bridgehead atoms. The zero-order valence-corrected chi connectivity index (χ0v) is 8.02. The number of esters is 1. The maximum Gasteiger partial charge on any atom is 0.344 e. The van der Waals surface area contributed by atoms with Crippen molar-refractivity contribution in [3.8, 4) is 5.88 Å². The molecule has 0 aromatic carbocycles. The molecule has 5 heteroatoms. The summed E-state index contributed by atoms with van der Waals surface area (Å²) in [6.07, 6.45) is 1.45. The molecule has 0 unspecified atom stereocenters. The second-order valence-corrected chi connectivity index (χ2v) is 3.35. The van der Waals surface area contributed by atoms with Crippen molar-refractivity contribution in [2.45, 2.75) is 19.4 Å². The summed E-state index contributed by atoms with van der Waals surface area (Å²) in [5.41, 5.74) is 4.19. The van der Waals surface area contributed by atoms with Crippen molar-refractivity contribution < 1.29 is 14.6 Å². The third-order valence-corrected chi connectivity index (χ3v) is 1.49. The summed E-state index contributed by atoms with van der Waals surface area (Å²) < 4.78 is 4.78. The van der Waals surface area contributed by atoms with E-state index >= 15 is 0 Å². The second-order valence-electron chi connectivity index (χ2n) is 3.35. The summed E-state index contributed by atoms with van der Waals surface area (Å²) in [6, 6.07) is 3.18. The predicted octanol–water partition coefficient (Wildman–Crippen LogP) is 0.340. The standard InChI is InChI=1S/C9H12N2O3/c1-9(2,13)8(12)14-7-6(10)4-3-5-11-7/h3-5,13H,10H2,1-2H3. The van der Waals surface area contributed by atoms with Crippen LogP contribution < -0.4 is 10.5 Å². The van der Waals surface area contributed by atoms with Crippen LogP contribution in [0.3, 0.4) is 0 Å². The molecule has 5 nitrogen and oxygen atoms in total. The van der Waals surface area contributed by atoms with E-state index in [0.29, 0.717) is 0 Å². The topological polar surface area (TPSA) is 85.4 Å². The third-order valence-electron chi connectivity index (χ3n) is 1.49. The van der Waals surface area contributed by atoms with Crippen LogP contribution in [0.25, 0.3) is 0 Å². The highest BCUT2D eigenvalue weighted by atomic mass is 16.6. The van der Waals surface area contributed by atoms with Gasteiger partial charge < -0.3 is 15.6 Å². The number of aromatic nitrogens is 1. The van der Waals surface area contributed by atoms with E-state index in [1.165, 1.54) is 20.0 Å². The molecule has 0 radical (unpaired) electrons. The molecule has 1 aromatic rings. The first-order chi connectivity index (χ1) is 6.41.